The highest BCUT2D eigenvalue weighted by Crippen LogP contribution is 2.30. The Bertz CT molecular complexity index is 544. The quantitative estimate of drug-likeness (QED) is 0.810. The maximum absolute atomic E-state index is 13.4. The molecule has 0 unspecified atom stereocenters. The van der Waals surface area contributed by atoms with Crippen molar-refractivity contribution in [3.63, 3.8) is 0 Å². The van der Waals surface area contributed by atoms with Crippen molar-refractivity contribution < 1.29 is 4.39 Å². The van der Waals surface area contributed by atoms with Crippen molar-refractivity contribution in [3.05, 3.63) is 35.9 Å². The number of anilines is 1. The summed E-state index contributed by atoms with van der Waals surface area (Å²) >= 11 is 0. The van der Waals surface area contributed by atoms with Crippen LogP contribution in [0.25, 0.3) is 11.1 Å². The molecule has 1 aromatic heterocycles. The first-order valence-electron chi connectivity index (χ1n) is 5.61. The zero-order valence-electron chi connectivity index (χ0n) is 10.2. The monoisotopic (exact) mass is 233 g/mol. The normalized spacial score (nSPS) is 11.1. The molecule has 0 saturated heterocycles. The van der Waals surface area contributed by atoms with E-state index in [-0.39, 0.29) is 17.5 Å². The number of halogens is 1. The fraction of sp³-hybridized carbons (Fsp3) is 0.308. The lowest BCUT2D eigenvalue weighted by Crippen LogP contribution is -2.00. The molecule has 4 heteroatoms. The van der Waals surface area contributed by atoms with Crippen molar-refractivity contribution in [2.75, 3.05) is 5.73 Å². The number of hydrogen-bond donors (Lipinski definition) is 1. The third-order valence-electron chi connectivity index (χ3n) is 2.79. The highest BCUT2D eigenvalue weighted by molar-refractivity contribution is 5.77. The predicted molar refractivity (Wildman–Crippen MR) is 67.2 cm³/mol. The number of para-hydroxylation sites is 1. The molecule has 0 amide bonds. The second-order valence-electron chi connectivity index (χ2n) is 4.40. The minimum atomic E-state index is -0.390. The number of benzene rings is 1. The lowest BCUT2D eigenvalue weighted by atomic mass is 10.0. The van der Waals surface area contributed by atoms with E-state index in [4.69, 9.17) is 5.73 Å². The topological polar surface area (TPSA) is 43.8 Å². The van der Waals surface area contributed by atoms with Gasteiger partial charge in [-0.1, -0.05) is 12.1 Å². The summed E-state index contributed by atoms with van der Waals surface area (Å²) < 4.78 is 15.3. The van der Waals surface area contributed by atoms with E-state index in [0.29, 0.717) is 5.56 Å². The SMILES string of the molecule is Cc1nn(C(C)C)cc1-c1cccc(F)c1N. The largest absolute Gasteiger partial charge is 0.396 e. The molecular formula is C13H16FN3. The number of nitrogens with two attached hydrogens (primary N) is 1. The van der Waals surface area contributed by atoms with E-state index in [0.717, 1.165) is 11.3 Å². The van der Waals surface area contributed by atoms with Gasteiger partial charge in [-0.2, -0.15) is 5.10 Å². The van der Waals surface area contributed by atoms with Crippen molar-refractivity contribution in [1.82, 2.24) is 9.78 Å². The van der Waals surface area contributed by atoms with Crippen LogP contribution in [0.3, 0.4) is 0 Å². The summed E-state index contributed by atoms with van der Waals surface area (Å²) in [5, 5.41) is 4.40. The number of rotatable bonds is 2. The van der Waals surface area contributed by atoms with E-state index in [1.165, 1.54) is 6.07 Å². The summed E-state index contributed by atoms with van der Waals surface area (Å²) in [7, 11) is 0. The van der Waals surface area contributed by atoms with Gasteiger partial charge in [-0.25, -0.2) is 4.39 Å². The Kier molecular flexibility index (Phi) is 2.88. The Morgan fingerprint density at radius 2 is 2.00 bits per heavy atom. The molecule has 90 valence electrons. The molecule has 0 aliphatic rings. The third-order valence-corrected chi connectivity index (χ3v) is 2.79. The second kappa shape index (κ2) is 4.20. The smallest absolute Gasteiger partial charge is 0.146 e. The van der Waals surface area contributed by atoms with E-state index in [1.54, 1.807) is 6.07 Å². The first-order chi connectivity index (χ1) is 8.00. The number of nitrogen functional groups attached to an aromatic ring is 1. The average molecular weight is 233 g/mol. The molecule has 3 nitrogen and oxygen atoms in total. The first kappa shape index (κ1) is 11.6. The van der Waals surface area contributed by atoms with Crippen LogP contribution in [0, 0.1) is 12.7 Å². The molecule has 0 saturated carbocycles. The maximum Gasteiger partial charge on any atom is 0.146 e. The van der Waals surface area contributed by atoms with Gasteiger partial charge >= 0.3 is 0 Å². The first-order valence-corrected chi connectivity index (χ1v) is 5.61. The molecule has 1 heterocycles. The lowest BCUT2D eigenvalue weighted by molar-refractivity contribution is 0.529. The molecule has 0 atom stereocenters. The third kappa shape index (κ3) is 2.02. The summed E-state index contributed by atoms with van der Waals surface area (Å²) in [6, 6.07) is 5.11. The van der Waals surface area contributed by atoms with E-state index >= 15 is 0 Å². The van der Waals surface area contributed by atoms with Gasteiger partial charge in [0.1, 0.15) is 5.82 Å². The summed E-state index contributed by atoms with van der Waals surface area (Å²) in [5.74, 6) is -0.390. The van der Waals surface area contributed by atoms with Crippen LogP contribution in [0.2, 0.25) is 0 Å². The van der Waals surface area contributed by atoms with Crippen molar-refractivity contribution in [1.29, 1.82) is 0 Å². The molecule has 17 heavy (non-hydrogen) atoms. The predicted octanol–water partition coefficient (Wildman–Crippen LogP) is 3.16. The molecule has 0 radical (unpaired) electrons. The second-order valence-corrected chi connectivity index (χ2v) is 4.40. The Morgan fingerprint density at radius 3 is 2.59 bits per heavy atom. The number of hydrogen-bond acceptors (Lipinski definition) is 2. The van der Waals surface area contributed by atoms with Gasteiger partial charge in [0.2, 0.25) is 0 Å². The minimum absolute atomic E-state index is 0.180. The zero-order chi connectivity index (χ0) is 12.6. The highest BCUT2D eigenvalue weighted by Gasteiger charge is 2.13. The van der Waals surface area contributed by atoms with Gasteiger partial charge in [0.25, 0.3) is 0 Å². The van der Waals surface area contributed by atoms with Crippen LogP contribution in [0.5, 0.6) is 0 Å². The Labute approximate surface area is 100 Å². The van der Waals surface area contributed by atoms with Crippen LogP contribution in [0.4, 0.5) is 10.1 Å². The van der Waals surface area contributed by atoms with Gasteiger partial charge in [0, 0.05) is 23.4 Å². The molecule has 0 bridgehead atoms. The van der Waals surface area contributed by atoms with E-state index in [2.05, 4.69) is 5.10 Å². The summed E-state index contributed by atoms with van der Waals surface area (Å²) in [4.78, 5) is 0. The van der Waals surface area contributed by atoms with E-state index < -0.39 is 0 Å². The van der Waals surface area contributed by atoms with Gasteiger partial charge in [-0.3, -0.25) is 4.68 Å². The fourth-order valence-electron chi connectivity index (χ4n) is 1.78. The Hall–Kier alpha value is -1.84. The van der Waals surface area contributed by atoms with Gasteiger partial charge in [0.15, 0.2) is 0 Å². The zero-order valence-corrected chi connectivity index (χ0v) is 10.2. The Balaban J connectivity index is 2.57. The molecular weight excluding hydrogens is 217 g/mol. The highest BCUT2D eigenvalue weighted by atomic mass is 19.1. The van der Waals surface area contributed by atoms with Gasteiger partial charge in [-0.05, 0) is 26.8 Å². The average Bonchev–Trinajstić information content (AvgIpc) is 2.65. The van der Waals surface area contributed by atoms with Crippen LogP contribution in [-0.4, -0.2) is 9.78 Å². The number of nitrogens with zero attached hydrogens (tertiary/aromatic N) is 2. The molecule has 1 aromatic carbocycles. The number of aryl methyl sites for hydroxylation is 1. The van der Waals surface area contributed by atoms with Gasteiger partial charge < -0.3 is 5.73 Å². The van der Waals surface area contributed by atoms with Crippen LogP contribution < -0.4 is 5.73 Å². The molecule has 0 spiro atoms. The van der Waals surface area contributed by atoms with Gasteiger partial charge in [-0.15, -0.1) is 0 Å². The van der Waals surface area contributed by atoms with Crippen LogP contribution in [0.15, 0.2) is 24.4 Å². The van der Waals surface area contributed by atoms with Crippen LogP contribution in [-0.2, 0) is 0 Å². The van der Waals surface area contributed by atoms with E-state index in [9.17, 15) is 4.39 Å². The Morgan fingerprint density at radius 1 is 1.29 bits per heavy atom. The van der Waals surface area contributed by atoms with Crippen molar-refractivity contribution in [3.8, 4) is 11.1 Å². The van der Waals surface area contributed by atoms with E-state index in [1.807, 2.05) is 37.7 Å². The van der Waals surface area contributed by atoms with Gasteiger partial charge in [0.05, 0.1) is 11.4 Å². The van der Waals surface area contributed by atoms with Crippen molar-refractivity contribution >= 4 is 5.69 Å². The summed E-state index contributed by atoms with van der Waals surface area (Å²) in [6.45, 7) is 5.99. The summed E-state index contributed by atoms with van der Waals surface area (Å²) in [6.07, 6.45) is 1.91. The van der Waals surface area contributed by atoms with Crippen molar-refractivity contribution in [2.45, 2.75) is 26.8 Å². The molecule has 2 N–H and O–H groups in total. The maximum atomic E-state index is 13.4. The molecule has 0 aliphatic heterocycles. The lowest BCUT2D eigenvalue weighted by Gasteiger charge is -2.05. The van der Waals surface area contributed by atoms with Crippen LogP contribution >= 0.6 is 0 Å². The molecule has 2 rings (SSSR count). The number of aromatic nitrogens is 2. The standard InChI is InChI=1S/C13H16FN3/c1-8(2)17-7-11(9(3)16-17)10-5-4-6-12(14)13(10)15/h4-8H,15H2,1-3H3. The van der Waals surface area contributed by atoms with Crippen LogP contribution in [0.1, 0.15) is 25.6 Å². The minimum Gasteiger partial charge on any atom is -0.396 e. The van der Waals surface area contributed by atoms with Crippen molar-refractivity contribution in [2.24, 2.45) is 0 Å². The molecule has 0 fully saturated rings. The molecule has 2 aromatic rings. The summed E-state index contributed by atoms with van der Waals surface area (Å²) in [5.41, 5.74) is 8.38. The fourth-order valence-corrected chi connectivity index (χ4v) is 1.78. The molecule has 0 aliphatic carbocycles.